The maximum Gasteiger partial charge on any atom is 0.348 e. The van der Waals surface area contributed by atoms with Crippen LogP contribution in [0.3, 0.4) is 0 Å². The summed E-state index contributed by atoms with van der Waals surface area (Å²) in [6, 6.07) is 0.950. The maximum atomic E-state index is 12.5. The molecule has 0 radical (unpaired) electrons. The Morgan fingerprint density at radius 3 is 2.74 bits per heavy atom. The number of aryl methyl sites for hydroxylation is 2. The topological polar surface area (TPSA) is 93.7 Å². The highest BCUT2D eigenvalue weighted by molar-refractivity contribution is 7.14. The SMILES string of the molecule is CCOC(=O)C1=C(COC(=O)c2cc3c(s2)CCCCC3)NC(=O)NC1C. The minimum absolute atomic E-state index is 0.187. The molecule has 2 heterocycles. The molecule has 0 saturated carbocycles. The lowest BCUT2D eigenvalue weighted by Gasteiger charge is -2.26. The van der Waals surface area contributed by atoms with Crippen LogP contribution in [0, 0.1) is 0 Å². The van der Waals surface area contributed by atoms with Crippen LogP contribution >= 0.6 is 11.3 Å². The van der Waals surface area contributed by atoms with Crippen LogP contribution in [0.5, 0.6) is 0 Å². The first kappa shape index (κ1) is 19.4. The summed E-state index contributed by atoms with van der Waals surface area (Å²) in [6.07, 6.45) is 5.51. The molecule has 1 aliphatic carbocycles. The first-order chi connectivity index (χ1) is 13.0. The lowest BCUT2D eigenvalue weighted by Crippen LogP contribution is -2.50. The predicted octanol–water partition coefficient (Wildman–Crippen LogP) is 2.69. The van der Waals surface area contributed by atoms with Crippen LogP contribution in [-0.2, 0) is 27.1 Å². The zero-order valence-corrected chi connectivity index (χ0v) is 16.4. The van der Waals surface area contributed by atoms with E-state index in [1.54, 1.807) is 13.8 Å². The lowest BCUT2D eigenvalue weighted by molar-refractivity contribution is -0.139. The van der Waals surface area contributed by atoms with E-state index in [1.807, 2.05) is 6.07 Å². The Balaban J connectivity index is 1.73. The van der Waals surface area contributed by atoms with Crippen molar-refractivity contribution in [1.82, 2.24) is 10.6 Å². The van der Waals surface area contributed by atoms with Gasteiger partial charge in [-0.15, -0.1) is 11.3 Å². The van der Waals surface area contributed by atoms with Crippen LogP contribution in [-0.4, -0.2) is 37.2 Å². The van der Waals surface area contributed by atoms with Crippen LogP contribution in [0.2, 0.25) is 0 Å². The molecule has 27 heavy (non-hydrogen) atoms. The summed E-state index contributed by atoms with van der Waals surface area (Å²) in [6.45, 7) is 3.42. The summed E-state index contributed by atoms with van der Waals surface area (Å²) >= 11 is 1.48. The number of amides is 2. The molecular formula is C19H24N2O5S. The van der Waals surface area contributed by atoms with E-state index in [-0.39, 0.29) is 24.5 Å². The number of carbonyl (C=O) groups excluding carboxylic acids is 3. The number of nitrogens with one attached hydrogen (secondary N) is 2. The van der Waals surface area contributed by atoms with E-state index >= 15 is 0 Å². The normalized spacial score (nSPS) is 19.5. The molecule has 0 spiro atoms. The van der Waals surface area contributed by atoms with E-state index in [2.05, 4.69) is 10.6 Å². The van der Waals surface area contributed by atoms with Gasteiger partial charge in [0.2, 0.25) is 0 Å². The Labute approximate surface area is 162 Å². The van der Waals surface area contributed by atoms with Gasteiger partial charge in [-0.05, 0) is 51.2 Å². The van der Waals surface area contributed by atoms with Crippen molar-refractivity contribution in [3.05, 3.63) is 32.7 Å². The van der Waals surface area contributed by atoms with Gasteiger partial charge in [-0.3, -0.25) is 0 Å². The Hall–Kier alpha value is -2.35. The largest absolute Gasteiger partial charge is 0.463 e. The zero-order chi connectivity index (χ0) is 19.4. The van der Waals surface area contributed by atoms with Crippen molar-refractivity contribution in [2.24, 2.45) is 0 Å². The van der Waals surface area contributed by atoms with E-state index in [0.29, 0.717) is 4.88 Å². The second kappa shape index (κ2) is 8.56. The van der Waals surface area contributed by atoms with Crippen LogP contribution in [0.1, 0.15) is 53.2 Å². The number of urea groups is 1. The molecular weight excluding hydrogens is 368 g/mol. The minimum Gasteiger partial charge on any atom is -0.463 e. The van der Waals surface area contributed by atoms with Gasteiger partial charge in [0, 0.05) is 4.88 Å². The standard InChI is InChI=1S/C19H24N2O5S/c1-3-25-18(23)16-11(2)20-19(24)21-13(16)10-26-17(22)15-9-12-7-5-4-6-8-14(12)27-15/h9,11H,3-8,10H2,1-2H3,(H2,20,21,24). The van der Waals surface area contributed by atoms with E-state index in [0.717, 1.165) is 25.7 Å². The highest BCUT2D eigenvalue weighted by Gasteiger charge is 2.30. The van der Waals surface area contributed by atoms with Crippen molar-refractivity contribution in [3.8, 4) is 0 Å². The van der Waals surface area contributed by atoms with Crippen molar-refractivity contribution < 1.29 is 23.9 Å². The van der Waals surface area contributed by atoms with Gasteiger partial charge in [-0.25, -0.2) is 14.4 Å². The number of ether oxygens (including phenoxy) is 2. The first-order valence-corrected chi connectivity index (χ1v) is 10.1. The molecule has 3 rings (SSSR count). The van der Waals surface area contributed by atoms with Crippen molar-refractivity contribution in [2.75, 3.05) is 13.2 Å². The molecule has 1 atom stereocenters. The Bertz CT molecular complexity index is 760. The van der Waals surface area contributed by atoms with Gasteiger partial charge < -0.3 is 20.1 Å². The van der Waals surface area contributed by atoms with Gasteiger partial charge in [0.15, 0.2) is 0 Å². The summed E-state index contributed by atoms with van der Waals surface area (Å²) in [5.41, 5.74) is 1.77. The van der Waals surface area contributed by atoms with Crippen LogP contribution in [0.25, 0.3) is 0 Å². The summed E-state index contributed by atoms with van der Waals surface area (Å²) in [5, 5.41) is 5.16. The molecule has 0 saturated heterocycles. The first-order valence-electron chi connectivity index (χ1n) is 9.26. The fourth-order valence-corrected chi connectivity index (χ4v) is 4.52. The molecule has 0 fully saturated rings. The second-order valence-electron chi connectivity index (χ2n) is 6.63. The summed E-state index contributed by atoms with van der Waals surface area (Å²) in [5.74, 6) is -0.976. The predicted molar refractivity (Wildman–Crippen MR) is 101 cm³/mol. The summed E-state index contributed by atoms with van der Waals surface area (Å²) in [4.78, 5) is 38.2. The van der Waals surface area contributed by atoms with Gasteiger partial charge in [0.05, 0.1) is 23.9 Å². The van der Waals surface area contributed by atoms with Gasteiger partial charge in [-0.1, -0.05) is 6.42 Å². The molecule has 8 heteroatoms. The van der Waals surface area contributed by atoms with Crippen LogP contribution in [0.15, 0.2) is 17.3 Å². The number of carbonyl (C=O) groups is 3. The fourth-order valence-electron chi connectivity index (χ4n) is 3.37. The van der Waals surface area contributed by atoms with Crippen molar-refractivity contribution in [3.63, 3.8) is 0 Å². The van der Waals surface area contributed by atoms with E-state index in [9.17, 15) is 14.4 Å². The van der Waals surface area contributed by atoms with Gasteiger partial charge in [-0.2, -0.15) is 0 Å². The molecule has 2 N–H and O–H groups in total. The third-order valence-electron chi connectivity index (χ3n) is 4.66. The quantitative estimate of drug-likeness (QED) is 0.594. The average molecular weight is 392 g/mol. The Kier molecular flexibility index (Phi) is 6.15. The molecule has 1 aromatic rings. The Morgan fingerprint density at radius 2 is 1.96 bits per heavy atom. The number of esters is 2. The molecule has 1 aromatic heterocycles. The van der Waals surface area contributed by atoms with E-state index < -0.39 is 24.0 Å². The third kappa shape index (κ3) is 4.50. The summed E-state index contributed by atoms with van der Waals surface area (Å²) in [7, 11) is 0. The Morgan fingerprint density at radius 1 is 1.19 bits per heavy atom. The second-order valence-corrected chi connectivity index (χ2v) is 7.77. The molecule has 146 valence electrons. The van der Waals surface area contributed by atoms with Crippen molar-refractivity contribution >= 4 is 29.3 Å². The number of fused-ring (bicyclic) bond motifs is 1. The molecule has 2 amide bonds. The molecule has 1 aliphatic heterocycles. The van der Waals surface area contributed by atoms with E-state index in [1.165, 1.54) is 28.2 Å². The van der Waals surface area contributed by atoms with Crippen LogP contribution in [0.4, 0.5) is 4.79 Å². The molecule has 0 bridgehead atoms. The number of hydrogen-bond donors (Lipinski definition) is 2. The minimum atomic E-state index is -0.536. The van der Waals surface area contributed by atoms with Gasteiger partial charge in [0.1, 0.15) is 11.5 Å². The van der Waals surface area contributed by atoms with Crippen molar-refractivity contribution in [2.45, 2.75) is 52.0 Å². The molecule has 2 aliphatic rings. The monoisotopic (exact) mass is 392 g/mol. The van der Waals surface area contributed by atoms with E-state index in [4.69, 9.17) is 9.47 Å². The van der Waals surface area contributed by atoms with Crippen LogP contribution < -0.4 is 10.6 Å². The number of hydrogen-bond acceptors (Lipinski definition) is 6. The highest BCUT2D eigenvalue weighted by atomic mass is 32.1. The summed E-state index contributed by atoms with van der Waals surface area (Å²) < 4.78 is 10.4. The fraction of sp³-hybridized carbons (Fsp3) is 0.526. The number of rotatable bonds is 5. The van der Waals surface area contributed by atoms with Gasteiger partial charge >= 0.3 is 18.0 Å². The average Bonchev–Trinajstić information content (AvgIpc) is 2.90. The lowest BCUT2D eigenvalue weighted by atomic mass is 10.0. The third-order valence-corrected chi connectivity index (χ3v) is 5.88. The van der Waals surface area contributed by atoms with Gasteiger partial charge in [0.25, 0.3) is 0 Å². The number of thiophene rings is 1. The maximum absolute atomic E-state index is 12.5. The molecule has 7 nitrogen and oxygen atoms in total. The molecule has 0 aromatic carbocycles. The van der Waals surface area contributed by atoms with Crippen molar-refractivity contribution in [1.29, 1.82) is 0 Å². The highest BCUT2D eigenvalue weighted by Crippen LogP contribution is 2.29. The smallest absolute Gasteiger partial charge is 0.348 e. The molecule has 1 unspecified atom stereocenters. The zero-order valence-electron chi connectivity index (χ0n) is 15.6.